The normalized spacial score (nSPS) is 10.8. The van der Waals surface area contributed by atoms with Crippen LogP contribution >= 0.6 is 0 Å². The molecule has 2 aromatic heterocycles. The Hall–Kier alpha value is -1.90. The quantitative estimate of drug-likeness (QED) is 0.697. The molecule has 0 amide bonds. The number of nitrogens with zero attached hydrogens (tertiary/aromatic N) is 2. The molecule has 3 heteroatoms. The van der Waals surface area contributed by atoms with Crippen molar-refractivity contribution >= 4 is 12.2 Å². The van der Waals surface area contributed by atoms with E-state index in [-0.39, 0.29) is 0 Å². The third-order valence-corrected chi connectivity index (χ3v) is 1.59. The van der Waals surface area contributed by atoms with Crippen LogP contribution in [0.5, 0.6) is 0 Å². The molecular formula is C10H8N2O. The van der Waals surface area contributed by atoms with Gasteiger partial charge in [0.2, 0.25) is 0 Å². The summed E-state index contributed by atoms with van der Waals surface area (Å²) in [5, 5.41) is 7.44. The van der Waals surface area contributed by atoms with Gasteiger partial charge < -0.3 is 4.42 Å². The largest absolute Gasteiger partial charge is 0.465 e. The summed E-state index contributed by atoms with van der Waals surface area (Å²) in [4.78, 5) is 0. The monoisotopic (exact) mass is 172 g/mol. The molecule has 13 heavy (non-hydrogen) atoms. The molecule has 0 spiro atoms. The van der Waals surface area contributed by atoms with Gasteiger partial charge in [-0.2, -0.15) is 10.2 Å². The smallest absolute Gasteiger partial charge is 0.126 e. The van der Waals surface area contributed by atoms with Gasteiger partial charge >= 0.3 is 0 Å². The molecule has 0 aliphatic carbocycles. The summed E-state index contributed by atoms with van der Waals surface area (Å²) in [5.41, 5.74) is 1.01. The molecule has 0 bridgehead atoms. The van der Waals surface area contributed by atoms with Crippen molar-refractivity contribution in [3.63, 3.8) is 0 Å². The lowest BCUT2D eigenvalue weighted by molar-refractivity contribution is 0.557. The van der Waals surface area contributed by atoms with Gasteiger partial charge in [0.15, 0.2) is 0 Å². The maximum atomic E-state index is 5.13. The fourth-order valence-corrected chi connectivity index (χ4v) is 0.964. The Kier molecular flexibility index (Phi) is 2.18. The second-order valence-corrected chi connectivity index (χ2v) is 2.52. The van der Waals surface area contributed by atoms with Gasteiger partial charge in [0.25, 0.3) is 0 Å². The summed E-state index contributed by atoms with van der Waals surface area (Å²) in [5.74, 6) is 0.830. The van der Waals surface area contributed by atoms with E-state index in [9.17, 15) is 0 Å². The van der Waals surface area contributed by atoms with Crippen LogP contribution in [0.25, 0.3) is 12.2 Å². The number of hydrogen-bond acceptors (Lipinski definition) is 3. The van der Waals surface area contributed by atoms with E-state index in [0.717, 1.165) is 11.3 Å². The highest BCUT2D eigenvalue weighted by atomic mass is 16.3. The molecule has 2 rings (SSSR count). The average Bonchev–Trinajstić information content (AvgIpc) is 2.69. The Morgan fingerprint density at radius 3 is 2.85 bits per heavy atom. The van der Waals surface area contributed by atoms with Crippen molar-refractivity contribution in [1.29, 1.82) is 0 Å². The van der Waals surface area contributed by atoms with Crippen LogP contribution in [-0.2, 0) is 0 Å². The van der Waals surface area contributed by atoms with Gasteiger partial charge in [-0.1, -0.05) is 0 Å². The van der Waals surface area contributed by atoms with Crippen molar-refractivity contribution in [2.45, 2.75) is 0 Å². The van der Waals surface area contributed by atoms with Gasteiger partial charge in [-0.05, 0) is 35.9 Å². The van der Waals surface area contributed by atoms with Gasteiger partial charge in [-0.25, -0.2) is 0 Å². The van der Waals surface area contributed by atoms with Crippen LogP contribution in [-0.4, -0.2) is 10.2 Å². The van der Waals surface area contributed by atoms with Crippen molar-refractivity contribution in [3.8, 4) is 0 Å². The number of rotatable bonds is 2. The van der Waals surface area contributed by atoms with E-state index in [1.165, 1.54) is 0 Å². The highest BCUT2D eigenvalue weighted by Crippen LogP contribution is 2.06. The van der Waals surface area contributed by atoms with Crippen LogP contribution in [0.15, 0.2) is 41.3 Å². The average molecular weight is 172 g/mol. The SMILES string of the molecule is C(=Cc1ccco1)c1ccnnc1. The van der Waals surface area contributed by atoms with Crippen molar-refractivity contribution in [1.82, 2.24) is 10.2 Å². The minimum absolute atomic E-state index is 0.830. The Bertz CT molecular complexity index is 379. The first-order chi connectivity index (χ1) is 6.45. The van der Waals surface area contributed by atoms with Crippen LogP contribution in [0.2, 0.25) is 0 Å². The number of furan rings is 1. The molecule has 0 saturated carbocycles. The topological polar surface area (TPSA) is 38.9 Å². The summed E-state index contributed by atoms with van der Waals surface area (Å²) < 4.78 is 5.13. The van der Waals surface area contributed by atoms with E-state index < -0.39 is 0 Å². The maximum Gasteiger partial charge on any atom is 0.126 e. The van der Waals surface area contributed by atoms with Crippen molar-refractivity contribution in [2.24, 2.45) is 0 Å². The van der Waals surface area contributed by atoms with Crippen LogP contribution in [0.1, 0.15) is 11.3 Å². The third kappa shape index (κ3) is 2.02. The predicted octanol–water partition coefficient (Wildman–Crippen LogP) is 2.24. The first-order valence-electron chi connectivity index (χ1n) is 3.93. The Labute approximate surface area is 75.7 Å². The van der Waals surface area contributed by atoms with E-state index in [2.05, 4.69) is 10.2 Å². The molecule has 0 radical (unpaired) electrons. The second kappa shape index (κ2) is 3.67. The van der Waals surface area contributed by atoms with Crippen LogP contribution in [0, 0.1) is 0 Å². The Morgan fingerprint density at radius 1 is 1.15 bits per heavy atom. The van der Waals surface area contributed by atoms with E-state index in [4.69, 9.17) is 4.42 Å². The first-order valence-corrected chi connectivity index (χ1v) is 3.93. The Morgan fingerprint density at radius 2 is 2.15 bits per heavy atom. The molecule has 2 aromatic rings. The first kappa shape index (κ1) is 7.73. The molecular weight excluding hydrogens is 164 g/mol. The van der Waals surface area contributed by atoms with Gasteiger partial charge in [-0.3, -0.25) is 0 Å². The molecule has 3 nitrogen and oxygen atoms in total. The summed E-state index contributed by atoms with van der Waals surface area (Å²) in [7, 11) is 0. The zero-order valence-electron chi connectivity index (χ0n) is 6.92. The number of hydrogen-bond donors (Lipinski definition) is 0. The lowest BCUT2D eigenvalue weighted by Gasteiger charge is -1.87. The van der Waals surface area contributed by atoms with Gasteiger partial charge in [0.05, 0.1) is 18.7 Å². The zero-order valence-corrected chi connectivity index (χ0v) is 6.92. The van der Waals surface area contributed by atoms with E-state index in [1.807, 2.05) is 30.4 Å². The van der Waals surface area contributed by atoms with E-state index >= 15 is 0 Å². The fourth-order valence-electron chi connectivity index (χ4n) is 0.964. The lowest BCUT2D eigenvalue weighted by atomic mass is 10.2. The molecule has 0 aromatic carbocycles. The highest BCUT2D eigenvalue weighted by molar-refractivity contribution is 5.66. The van der Waals surface area contributed by atoms with Gasteiger partial charge in [-0.15, -0.1) is 0 Å². The molecule has 0 atom stereocenters. The summed E-state index contributed by atoms with van der Waals surface area (Å²) in [6.45, 7) is 0. The summed E-state index contributed by atoms with van der Waals surface area (Å²) in [6, 6.07) is 5.63. The van der Waals surface area contributed by atoms with Gasteiger partial charge in [0.1, 0.15) is 5.76 Å². The fraction of sp³-hybridized carbons (Fsp3) is 0. The minimum Gasteiger partial charge on any atom is -0.465 e. The molecule has 0 aliphatic heterocycles. The van der Waals surface area contributed by atoms with E-state index in [1.54, 1.807) is 18.7 Å². The van der Waals surface area contributed by atoms with Gasteiger partial charge in [0, 0.05) is 0 Å². The second-order valence-electron chi connectivity index (χ2n) is 2.52. The molecule has 0 unspecified atom stereocenters. The molecule has 0 N–H and O–H groups in total. The maximum absolute atomic E-state index is 5.13. The van der Waals surface area contributed by atoms with Crippen molar-refractivity contribution < 1.29 is 4.42 Å². The van der Waals surface area contributed by atoms with Crippen LogP contribution < -0.4 is 0 Å². The third-order valence-electron chi connectivity index (χ3n) is 1.59. The standard InChI is InChI=1S/C10H8N2O/c1-2-10(13-7-1)4-3-9-5-6-11-12-8-9/h1-8H. The predicted molar refractivity (Wildman–Crippen MR) is 49.7 cm³/mol. The summed E-state index contributed by atoms with van der Waals surface area (Å²) in [6.07, 6.45) is 8.80. The zero-order chi connectivity index (χ0) is 8.93. The lowest BCUT2D eigenvalue weighted by Crippen LogP contribution is -1.78. The van der Waals surface area contributed by atoms with Crippen LogP contribution in [0.3, 0.4) is 0 Å². The highest BCUT2D eigenvalue weighted by Gasteiger charge is 1.88. The molecule has 0 fully saturated rings. The molecule has 0 saturated heterocycles. The summed E-state index contributed by atoms with van der Waals surface area (Å²) >= 11 is 0. The Balaban J connectivity index is 2.15. The van der Waals surface area contributed by atoms with E-state index in [0.29, 0.717) is 0 Å². The molecule has 64 valence electrons. The van der Waals surface area contributed by atoms with Crippen molar-refractivity contribution in [2.75, 3.05) is 0 Å². The molecule has 2 heterocycles. The van der Waals surface area contributed by atoms with Crippen molar-refractivity contribution in [3.05, 3.63) is 48.2 Å². The van der Waals surface area contributed by atoms with Crippen LogP contribution in [0.4, 0.5) is 0 Å². The number of aromatic nitrogens is 2. The molecule has 0 aliphatic rings. The minimum atomic E-state index is 0.830.